The van der Waals surface area contributed by atoms with Crippen molar-refractivity contribution < 1.29 is 14.1 Å². The molecule has 0 radical (unpaired) electrons. The van der Waals surface area contributed by atoms with E-state index < -0.39 is 0 Å². The number of aryl methyl sites for hydroxylation is 1. The molecule has 0 fully saturated rings. The summed E-state index contributed by atoms with van der Waals surface area (Å²) in [6.45, 7) is 3.19. The summed E-state index contributed by atoms with van der Waals surface area (Å²) in [7, 11) is 0. The zero-order valence-corrected chi connectivity index (χ0v) is 14.4. The van der Waals surface area contributed by atoms with E-state index in [2.05, 4.69) is 20.8 Å². The van der Waals surface area contributed by atoms with Crippen LogP contribution in [-0.2, 0) is 11.2 Å². The predicted molar refractivity (Wildman–Crippen MR) is 97.0 cm³/mol. The van der Waals surface area contributed by atoms with Crippen molar-refractivity contribution in [3.05, 3.63) is 71.4 Å². The number of nitrogens with zero attached hydrogens (tertiary/aromatic N) is 2. The van der Waals surface area contributed by atoms with E-state index in [9.17, 15) is 9.59 Å². The quantitative estimate of drug-likeness (QED) is 0.736. The molecular formula is C19H18N4O3. The molecule has 1 heterocycles. The number of carbonyl (C=O) groups excluding carboxylic acids is 2. The lowest BCUT2D eigenvalue weighted by Crippen LogP contribution is -2.14. The van der Waals surface area contributed by atoms with E-state index >= 15 is 0 Å². The van der Waals surface area contributed by atoms with Gasteiger partial charge in [0, 0.05) is 23.9 Å². The molecular weight excluding hydrogens is 332 g/mol. The fraction of sp³-hybridized carbons (Fsp3) is 0.158. The number of aromatic nitrogens is 2. The van der Waals surface area contributed by atoms with Crippen molar-refractivity contribution in [3.8, 4) is 0 Å². The summed E-state index contributed by atoms with van der Waals surface area (Å²) in [5, 5.41) is 9.34. The van der Waals surface area contributed by atoms with Crippen LogP contribution in [0.4, 0.5) is 11.4 Å². The van der Waals surface area contributed by atoms with Gasteiger partial charge in [-0.15, -0.1) is 0 Å². The number of rotatable bonds is 5. The molecule has 132 valence electrons. The average molecular weight is 350 g/mol. The molecule has 0 saturated carbocycles. The number of hydrogen-bond donors (Lipinski definition) is 2. The number of anilines is 2. The van der Waals surface area contributed by atoms with Gasteiger partial charge in [0.2, 0.25) is 11.8 Å². The van der Waals surface area contributed by atoms with Crippen LogP contribution in [0.15, 0.2) is 53.1 Å². The minimum Gasteiger partial charge on any atom is -0.339 e. The van der Waals surface area contributed by atoms with Crippen molar-refractivity contribution >= 4 is 23.2 Å². The van der Waals surface area contributed by atoms with Crippen LogP contribution in [-0.4, -0.2) is 22.0 Å². The highest BCUT2D eigenvalue weighted by molar-refractivity contribution is 6.05. The molecule has 26 heavy (non-hydrogen) atoms. The van der Waals surface area contributed by atoms with Gasteiger partial charge in [-0.05, 0) is 42.8 Å². The summed E-state index contributed by atoms with van der Waals surface area (Å²) in [5.41, 5.74) is 2.68. The second kappa shape index (κ2) is 7.60. The van der Waals surface area contributed by atoms with Gasteiger partial charge in [-0.1, -0.05) is 23.4 Å². The highest BCUT2D eigenvalue weighted by Gasteiger charge is 2.12. The molecule has 0 unspecified atom stereocenters. The first-order valence-corrected chi connectivity index (χ1v) is 8.07. The zero-order valence-electron chi connectivity index (χ0n) is 14.4. The van der Waals surface area contributed by atoms with E-state index in [0.717, 1.165) is 5.56 Å². The Morgan fingerprint density at radius 2 is 1.77 bits per heavy atom. The first-order valence-electron chi connectivity index (χ1n) is 8.07. The maximum atomic E-state index is 12.5. The Labute approximate surface area is 150 Å². The smallest absolute Gasteiger partial charge is 0.255 e. The van der Waals surface area contributed by atoms with Crippen LogP contribution < -0.4 is 10.6 Å². The van der Waals surface area contributed by atoms with E-state index in [1.54, 1.807) is 31.2 Å². The average Bonchev–Trinajstić information content (AvgIpc) is 3.01. The van der Waals surface area contributed by atoms with Crippen molar-refractivity contribution in [1.29, 1.82) is 0 Å². The minimum absolute atomic E-state index is 0.160. The molecule has 2 N–H and O–H groups in total. The second-order valence-corrected chi connectivity index (χ2v) is 5.78. The Kier molecular flexibility index (Phi) is 5.07. The van der Waals surface area contributed by atoms with Crippen molar-refractivity contribution in [2.45, 2.75) is 20.3 Å². The van der Waals surface area contributed by atoms with Crippen LogP contribution >= 0.6 is 0 Å². The van der Waals surface area contributed by atoms with Crippen LogP contribution in [0.1, 0.15) is 34.6 Å². The molecule has 0 aliphatic carbocycles. The molecule has 3 rings (SSSR count). The van der Waals surface area contributed by atoms with Crippen LogP contribution in [0.2, 0.25) is 0 Å². The van der Waals surface area contributed by atoms with Crippen LogP contribution in [0.3, 0.4) is 0 Å². The Bertz CT molecular complexity index is 932. The Balaban J connectivity index is 1.74. The van der Waals surface area contributed by atoms with E-state index in [1.807, 2.05) is 24.3 Å². The van der Waals surface area contributed by atoms with Crippen molar-refractivity contribution in [2.75, 3.05) is 10.6 Å². The maximum absolute atomic E-state index is 12.5. The largest absolute Gasteiger partial charge is 0.339 e. The van der Waals surface area contributed by atoms with Crippen LogP contribution in [0.25, 0.3) is 0 Å². The minimum atomic E-state index is -0.242. The Morgan fingerprint density at radius 3 is 2.42 bits per heavy atom. The van der Waals surface area contributed by atoms with Gasteiger partial charge < -0.3 is 15.2 Å². The van der Waals surface area contributed by atoms with Crippen molar-refractivity contribution in [3.63, 3.8) is 0 Å². The van der Waals surface area contributed by atoms with Gasteiger partial charge in [0.05, 0.1) is 6.42 Å². The molecule has 0 spiro atoms. The second-order valence-electron chi connectivity index (χ2n) is 5.78. The molecule has 0 aliphatic rings. The number of hydrogen-bond acceptors (Lipinski definition) is 5. The molecule has 2 amide bonds. The standard InChI is InChI=1S/C19H18N4O3/c1-12-20-18(26-23-12)11-15-5-3-4-6-17(15)22-19(25)14-7-9-16(10-8-14)21-13(2)24/h3-10H,11H2,1-2H3,(H,21,24)(H,22,25). The summed E-state index contributed by atoms with van der Waals surface area (Å²) in [4.78, 5) is 27.8. The number of amides is 2. The summed E-state index contributed by atoms with van der Waals surface area (Å²) < 4.78 is 5.15. The van der Waals surface area contributed by atoms with Gasteiger partial charge in [-0.3, -0.25) is 9.59 Å². The van der Waals surface area contributed by atoms with Crippen molar-refractivity contribution in [1.82, 2.24) is 10.1 Å². The molecule has 0 atom stereocenters. The number of para-hydroxylation sites is 1. The number of benzene rings is 2. The fourth-order valence-corrected chi connectivity index (χ4v) is 2.47. The van der Waals surface area contributed by atoms with Crippen molar-refractivity contribution in [2.24, 2.45) is 0 Å². The first-order chi connectivity index (χ1) is 12.5. The van der Waals surface area contributed by atoms with Gasteiger partial charge in [-0.2, -0.15) is 4.98 Å². The molecule has 2 aromatic carbocycles. The summed E-state index contributed by atoms with van der Waals surface area (Å²) in [6, 6.07) is 14.1. The van der Waals surface area contributed by atoms with Gasteiger partial charge in [0.25, 0.3) is 5.91 Å². The molecule has 0 bridgehead atoms. The lowest BCUT2D eigenvalue weighted by Gasteiger charge is -2.10. The highest BCUT2D eigenvalue weighted by Crippen LogP contribution is 2.20. The van der Waals surface area contributed by atoms with Crippen LogP contribution in [0.5, 0.6) is 0 Å². The number of carbonyl (C=O) groups is 2. The molecule has 0 saturated heterocycles. The molecule has 0 aliphatic heterocycles. The molecule has 7 heteroatoms. The Hall–Kier alpha value is -3.48. The van der Waals surface area contributed by atoms with E-state index in [0.29, 0.717) is 35.1 Å². The summed E-state index contributed by atoms with van der Waals surface area (Å²) >= 11 is 0. The lowest BCUT2D eigenvalue weighted by molar-refractivity contribution is -0.114. The third-order valence-electron chi connectivity index (χ3n) is 3.64. The third-order valence-corrected chi connectivity index (χ3v) is 3.64. The van der Waals surface area contributed by atoms with Gasteiger partial charge in [-0.25, -0.2) is 0 Å². The van der Waals surface area contributed by atoms with Gasteiger partial charge in [0.15, 0.2) is 5.82 Å². The number of nitrogens with one attached hydrogen (secondary N) is 2. The summed E-state index contributed by atoms with van der Waals surface area (Å²) in [6.07, 6.45) is 0.429. The SMILES string of the molecule is CC(=O)Nc1ccc(C(=O)Nc2ccccc2Cc2nc(C)no2)cc1. The fourth-order valence-electron chi connectivity index (χ4n) is 2.47. The zero-order chi connectivity index (χ0) is 18.5. The van der Waals surface area contributed by atoms with E-state index in [4.69, 9.17) is 4.52 Å². The van der Waals surface area contributed by atoms with E-state index in [1.165, 1.54) is 6.92 Å². The summed E-state index contributed by atoms with van der Waals surface area (Å²) in [5.74, 6) is 0.658. The third kappa shape index (κ3) is 4.32. The molecule has 7 nitrogen and oxygen atoms in total. The van der Waals surface area contributed by atoms with Crippen LogP contribution in [0, 0.1) is 6.92 Å². The molecule has 1 aromatic heterocycles. The highest BCUT2D eigenvalue weighted by atomic mass is 16.5. The van der Waals surface area contributed by atoms with Gasteiger partial charge >= 0.3 is 0 Å². The monoisotopic (exact) mass is 350 g/mol. The normalized spacial score (nSPS) is 10.4. The van der Waals surface area contributed by atoms with Gasteiger partial charge in [0.1, 0.15) is 0 Å². The molecule has 3 aromatic rings. The Morgan fingerprint density at radius 1 is 1.04 bits per heavy atom. The predicted octanol–water partition coefficient (Wildman–Crippen LogP) is 3.18. The first kappa shape index (κ1) is 17.3. The van der Waals surface area contributed by atoms with E-state index in [-0.39, 0.29) is 11.8 Å². The topological polar surface area (TPSA) is 97.1 Å². The lowest BCUT2D eigenvalue weighted by atomic mass is 10.1. The maximum Gasteiger partial charge on any atom is 0.255 e.